The van der Waals surface area contributed by atoms with Gasteiger partial charge in [-0.25, -0.2) is 9.97 Å². The van der Waals surface area contributed by atoms with Crippen LogP contribution in [0.15, 0.2) is 78.5 Å². The van der Waals surface area contributed by atoms with Gasteiger partial charge in [0.25, 0.3) is 0 Å². The Morgan fingerprint density at radius 2 is 1.63 bits per heavy atom. The molecule has 0 amide bonds. The van der Waals surface area contributed by atoms with Gasteiger partial charge in [-0.3, -0.25) is 4.68 Å². The first-order valence-corrected chi connectivity index (χ1v) is 10.0. The maximum atomic E-state index is 4.88. The molecule has 0 aliphatic carbocycles. The fourth-order valence-corrected chi connectivity index (χ4v) is 3.80. The molecule has 1 N–H and O–H groups in total. The average molecular weight is 376 g/mol. The van der Waals surface area contributed by atoms with Crippen molar-refractivity contribution in [1.82, 2.24) is 24.7 Å². The molecule has 0 saturated heterocycles. The Balaban J connectivity index is 1.46. The average Bonchev–Trinajstić information content (AvgIpc) is 3.39. The number of benzene rings is 2. The number of hydrogen-bond donors (Lipinski definition) is 1. The van der Waals surface area contributed by atoms with Crippen LogP contribution in [-0.2, 0) is 6.54 Å². The minimum Gasteiger partial charge on any atom is -0.332 e. The number of aryl methyl sites for hydroxylation is 1. The van der Waals surface area contributed by atoms with E-state index >= 15 is 0 Å². The summed E-state index contributed by atoms with van der Waals surface area (Å²) < 4.78 is 1.87. The molecule has 136 valence electrons. The number of unbranched alkanes of at least 4 members (excludes halogenated alkanes) is 1. The third-order valence-electron chi connectivity index (χ3n) is 4.28. The lowest BCUT2D eigenvalue weighted by molar-refractivity contribution is 0.572. The molecule has 0 fully saturated rings. The Bertz CT molecular complexity index is 892. The smallest absolute Gasteiger partial charge is 0.166 e. The van der Waals surface area contributed by atoms with Crippen molar-refractivity contribution in [2.45, 2.75) is 24.5 Å². The quantitative estimate of drug-likeness (QED) is 0.351. The standard InChI is InChI=1S/C21H21N5S/c1-3-9-17(10-4-1)19-20(18-11-5-2-6-12-18)25-21(24-19)27-14-8-7-13-26-16-22-15-23-26/h1-6,9-12,15-16H,7-8,13-14H2,(H,24,25). The van der Waals surface area contributed by atoms with Crippen LogP contribution in [0.3, 0.4) is 0 Å². The van der Waals surface area contributed by atoms with Crippen LogP contribution in [0.4, 0.5) is 0 Å². The van der Waals surface area contributed by atoms with Crippen LogP contribution in [0.1, 0.15) is 12.8 Å². The van der Waals surface area contributed by atoms with Gasteiger partial charge in [-0.2, -0.15) is 5.10 Å². The minimum absolute atomic E-state index is 0.906. The van der Waals surface area contributed by atoms with Gasteiger partial charge in [-0.05, 0) is 12.8 Å². The van der Waals surface area contributed by atoms with Crippen LogP contribution in [0.5, 0.6) is 0 Å². The molecule has 6 heteroatoms. The highest BCUT2D eigenvalue weighted by atomic mass is 32.2. The van der Waals surface area contributed by atoms with E-state index in [1.54, 1.807) is 24.4 Å². The maximum absolute atomic E-state index is 4.88. The van der Waals surface area contributed by atoms with Crippen LogP contribution < -0.4 is 0 Å². The van der Waals surface area contributed by atoms with Gasteiger partial charge in [-0.1, -0.05) is 72.4 Å². The lowest BCUT2D eigenvalue weighted by atomic mass is 10.1. The zero-order chi connectivity index (χ0) is 18.3. The number of thioether (sulfide) groups is 1. The van der Waals surface area contributed by atoms with Crippen LogP contribution in [0.25, 0.3) is 22.5 Å². The largest absolute Gasteiger partial charge is 0.332 e. The van der Waals surface area contributed by atoms with Gasteiger partial charge >= 0.3 is 0 Å². The Labute approximate surface area is 162 Å². The predicted molar refractivity (Wildman–Crippen MR) is 109 cm³/mol. The zero-order valence-corrected chi connectivity index (χ0v) is 15.8. The molecule has 0 spiro atoms. The van der Waals surface area contributed by atoms with E-state index in [-0.39, 0.29) is 0 Å². The van der Waals surface area contributed by atoms with Crippen LogP contribution in [0, 0.1) is 0 Å². The Hall–Kier alpha value is -2.86. The first-order valence-electron chi connectivity index (χ1n) is 9.06. The predicted octanol–water partition coefficient (Wildman–Crippen LogP) is 4.91. The Morgan fingerprint density at radius 3 is 2.33 bits per heavy atom. The first kappa shape index (κ1) is 17.5. The first-order chi connectivity index (χ1) is 13.4. The molecule has 2 aromatic heterocycles. The van der Waals surface area contributed by atoms with Crippen LogP contribution in [-0.4, -0.2) is 30.5 Å². The second kappa shape index (κ2) is 8.68. The molecule has 0 saturated carbocycles. The van der Waals surface area contributed by atoms with E-state index in [0.717, 1.165) is 52.8 Å². The molecule has 0 aliphatic rings. The van der Waals surface area contributed by atoms with Crippen LogP contribution >= 0.6 is 11.8 Å². The SMILES string of the molecule is c1ccc(-c2nc(SCCCCn3cncn3)[nH]c2-c2ccccc2)cc1. The van der Waals surface area contributed by atoms with Crippen molar-refractivity contribution in [3.63, 3.8) is 0 Å². The van der Waals surface area contributed by atoms with Gasteiger partial charge in [0.15, 0.2) is 5.16 Å². The molecule has 0 radical (unpaired) electrons. The lowest BCUT2D eigenvalue weighted by Gasteiger charge is -2.02. The number of H-pyrrole nitrogens is 1. The van der Waals surface area contributed by atoms with Gasteiger partial charge in [0, 0.05) is 23.4 Å². The molecular formula is C21H21N5S. The second-order valence-electron chi connectivity index (χ2n) is 6.21. The normalized spacial score (nSPS) is 11.0. The van der Waals surface area contributed by atoms with Gasteiger partial charge < -0.3 is 4.98 Å². The van der Waals surface area contributed by atoms with Crippen molar-refractivity contribution in [3.05, 3.63) is 73.3 Å². The molecule has 0 atom stereocenters. The topological polar surface area (TPSA) is 59.4 Å². The molecule has 27 heavy (non-hydrogen) atoms. The molecule has 5 nitrogen and oxygen atoms in total. The van der Waals surface area contributed by atoms with Crippen molar-refractivity contribution >= 4 is 11.8 Å². The molecule has 0 aliphatic heterocycles. The summed E-state index contributed by atoms with van der Waals surface area (Å²) in [7, 11) is 0. The molecule has 0 bridgehead atoms. The van der Waals surface area contributed by atoms with Crippen molar-refractivity contribution < 1.29 is 0 Å². The molecule has 4 rings (SSSR count). The zero-order valence-electron chi connectivity index (χ0n) is 15.0. The summed E-state index contributed by atoms with van der Waals surface area (Å²) in [4.78, 5) is 12.4. The van der Waals surface area contributed by atoms with Crippen molar-refractivity contribution in [2.75, 3.05) is 5.75 Å². The van der Waals surface area contributed by atoms with E-state index in [0.29, 0.717) is 0 Å². The molecular weight excluding hydrogens is 354 g/mol. The molecule has 0 unspecified atom stereocenters. The fraction of sp³-hybridized carbons (Fsp3) is 0.190. The van der Waals surface area contributed by atoms with Gasteiger partial charge in [-0.15, -0.1) is 0 Å². The summed E-state index contributed by atoms with van der Waals surface area (Å²) in [5.41, 5.74) is 4.37. The summed E-state index contributed by atoms with van der Waals surface area (Å²) >= 11 is 1.77. The van der Waals surface area contributed by atoms with Gasteiger partial charge in [0.1, 0.15) is 12.7 Å². The third kappa shape index (κ3) is 4.46. The number of aromatic amines is 1. The monoisotopic (exact) mass is 375 g/mol. The van der Waals surface area contributed by atoms with E-state index in [1.165, 1.54) is 0 Å². The number of imidazole rings is 1. The highest BCUT2D eigenvalue weighted by Gasteiger charge is 2.14. The highest BCUT2D eigenvalue weighted by Crippen LogP contribution is 2.32. The Morgan fingerprint density at radius 1 is 0.889 bits per heavy atom. The number of nitrogens with zero attached hydrogens (tertiary/aromatic N) is 4. The van der Waals surface area contributed by atoms with Crippen molar-refractivity contribution in [1.29, 1.82) is 0 Å². The van der Waals surface area contributed by atoms with Crippen molar-refractivity contribution in [2.24, 2.45) is 0 Å². The number of rotatable bonds is 8. The minimum atomic E-state index is 0.906. The van der Waals surface area contributed by atoms with Gasteiger partial charge in [0.2, 0.25) is 0 Å². The third-order valence-corrected chi connectivity index (χ3v) is 5.24. The Kier molecular flexibility index (Phi) is 5.64. The molecule has 4 aromatic rings. The summed E-state index contributed by atoms with van der Waals surface area (Å²) in [6.07, 6.45) is 5.52. The van der Waals surface area contributed by atoms with Crippen molar-refractivity contribution in [3.8, 4) is 22.5 Å². The number of nitrogens with one attached hydrogen (secondary N) is 1. The van der Waals surface area contributed by atoms with E-state index < -0.39 is 0 Å². The lowest BCUT2D eigenvalue weighted by Crippen LogP contribution is -1.98. The van der Waals surface area contributed by atoms with Gasteiger partial charge in [0.05, 0.1) is 11.4 Å². The summed E-state index contributed by atoms with van der Waals surface area (Å²) in [5, 5.41) is 5.10. The van der Waals surface area contributed by atoms with E-state index in [1.807, 2.05) is 16.8 Å². The van der Waals surface area contributed by atoms with E-state index in [9.17, 15) is 0 Å². The molecule has 2 heterocycles. The fourth-order valence-electron chi connectivity index (χ4n) is 2.93. The van der Waals surface area contributed by atoms with Crippen LogP contribution in [0.2, 0.25) is 0 Å². The number of aromatic nitrogens is 5. The van der Waals surface area contributed by atoms with E-state index in [2.05, 4.69) is 63.6 Å². The summed E-state index contributed by atoms with van der Waals surface area (Å²) in [5.74, 6) is 1.02. The maximum Gasteiger partial charge on any atom is 0.166 e. The summed E-state index contributed by atoms with van der Waals surface area (Å²) in [6, 6.07) is 20.7. The second-order valence-corrected chi connectivity index (χ2v) is 7.30. The summed E-state index contributed by atoms with van der Waals surface area (Å²) in [6.45, 7) is 0.906. The highest BCUT2D eigenvalue weighted by molar-refractivity contribution is 7.99. The van der Waals surface area contributed by atoms with E-state index in [4.69, 9.17) is 4.98 Å². The molecule has 2 aromatic carbocycles. The number of hydrogen-bond acceptors (Lipinski definition) is 4.